The first-order valence-electron chi connectivity index (χ1n) is 8.34. The van der Waals surface area contributed by atoms with Gasteiger partial charge in [-0.05, 0) is 60.2 Å². The Hall–Kier alpha value is -3.73. The highest BCUT2D eigenvalue weighted by molar-refractivity contribution is 5.88. The molecule has 3 aromatic rings. The second kappa shape index (κ2) is 9.10. The minimum absolute atomic E-state index is 0.438. The molecule has 5 heteroatoms. The Morgan fingerprint density at radius 1 is 0.778 bits per heavy atom. The van der Waals surface area contributed by atoms with Crippen molar-refractivity contribution in [2.24, 2.45) is 10.2 Å². The summed E-state index contributed by atoms with van der Waals surface area (Å²) in [5, 5.41) is 8.31. The van der Waals surface area contributed by atoms with E-state index in [1.54, 1.807) is 37.5 Å². The Balaban J connectivity index is 1.57. The van der Waals surface area contributed by atoms with Gasteiger partial charge in [0, 0.05) is 6.08 Å². The fourth-order valence-corrected chi connectivity index (χ4v) is 2.22. The lowest BCUT2D eigenvalue weighted by Crippen LogP contribution is -2.03. The fourth-order valence-electron chi connectivity index (χ4n) is 2.22. The van der Waals surface area contributed by atoms with Gasteiger partial charge in [-0.3, -0.25) is 0 Å². The monoisotopic (exact) mass is 358 g/mol. The Morgan fingerprint density at radius 3 is 1.89 bits per heavy atom. The Kier molecular flexibility index (Phi) is 6.09. The summed E-state index contributed by atoms with van der Waals surface area (Å²) in [4.78, 5) is 11.9. The highest BCUT2D eigenvalue weighted by Crippen LogP contribution is 2.23. The molecule has 0 spiro atoms. The van der Waals surface area contributed by atoms with Crippen molar-refractivity contribution in [2.45, 2.75) is 0 Å². The number of carbonyl (C=O) groups is 1. The first kappa shape index (κ1) is 18.1. The molecule has 0 aromatic heterocycles. The number of nitrogens with zero attached hydrogens (tertiary/aromatic N) is 2. The molecule has 0 bridgehead atoms. The number of carbonyl (C=O) groups excluding carboxylic acids is 1. The molecular weight excluding hydrogens is 340 g/mol. The second-order valence-electron chi connectivity index (χ2n) is 5.56. The molecular formula is C22H18N2O3. The predicted octanol–water partition coefficient (Wildman–Crippen LogP) is 5.73. The molecule has 5 nitrogen and oxygen atoms in total. The van der Waals surface area contributed by atoms with Crippen LogP contribution in [0.3, 0.4) is 0 Å². The van der Waals surface area contributed by atoms with E-state index in [2.05, 4.69) is 10.2 Å². The lowest BCUT2D eigenvalue weighted by Gasteiger charge is -2.01. The van der Waals surface area contributed by atoms with Crippen LogP contribution >= 0.6 is 0 Å². The topological polar surface area (TPSA) is 60.3 Å². The van der Waals surface area contributed by atoms with Crippen molar-refractivity contribution >= 4 is 23.4 Å². The van der Waals surface area contributed by atoms with Crippen molar-refractivity contribution in [2.75, 3.05) is 7.11 Å². The second-order valence-corrected chi connectivity index (χ2v) is 5.56. The van der Waals surface area contributed by atoms with Gasteiger partial charge in [0.2, 0.25) is 0 Å². The molecule has 134 valence electrons. The van der Waals surface area contributed by atoms with E-state index in [0.29, 0.717) is 11.4 Å². The molecule has 0 aliphatic rings. The van der Waals surface area contributed by atoms with Crippen molar-refractivity contribution in [3.63, 3.8) is 0 Å². The molecule has 0 saturated carbocycles. The maximum Gasteiger partial charge on any atom is 0.336 e. The minimum Gasteiger partial charge on any atom is -0.497 e. The van der Waals surface area contributed by atoms with Crippen LogP contribution in [0.5, 0.6) is 11.5 Å². The lowest BCUT2D eigenvalue weighted by molar-refractivity contribution is -0.128. The third-order valence-electron chi connectivity index (χ3n) is 3.62. The van der Waals surface area contributed by atoms with Gasteiger partial charge < -0.3 is 9.47 Å². The minimum atomic E-state index is -0.438. The summed E-state index contributed by atoms with van der Waals surface area (Å²) in [6.07, 6.45) is 3.10. The van der Waals surface area contributed by atoms with Crippen LogP contribution in [-0.2, 0) is 4.79 Å². The number of benzene rings is 3. The van der Waals surface area contributed by atoms with Crippen LogP contribution < -0.4 is 9.47 Å². The average Bonchev–Trinajstić information content (AvgIpc) is 2.73. The van der Waals surface area contributed by atoms with Crippen LogP contribution in [0.25, 0.3) is 6.08 Å². The van der Waals surface area contributed by atoms with Gasteiger partial charge in [-0.15, -0.1) is 0 Å². The summed E-state index contributed by atoms with van der Waals surface area (Å²) in [6.45, 7) is 0. The maximum absolute atomic E-state index is 11.9. The van der Waals surface area contributed by atoms with Gasteiger partial charge in [0.25, 0.3) is 0 Å². The molecule has 0 unspecified atom stereocenters. The molecule has 0 aliphatic heterocycles. The van der Waals surface area contributed by atoms with Gasteiger partial charge in [-0.25, -0.2) is 4.79 Å². The van der Waals surface area contributed by atoms with E-state index in [0.717, 1.165) is 17.0 Å². The quantitative estimate of drug-likeness (QED) is 0.245. The molecule has 0 radical (unpaired) electrons. The summed E-state index contributed by atoms with van der Waals surface area (Å²) >= 11 is 0. The Labute approximate surface area is 157 Å². The van der Waals surface area contributed by atoms with Gasteiger partial charge in [0.1, 0.15) is 11.5 Å². The van der Waals surface area contributed by atoms with Crippen LogP contribution in [0.15, 0.2) is 95.2 Å². The number of ether oxygens (including phenoxy) is 2. The number of methoxy groups -OCH3 is 1. The van der Waals surface area contributed by atoms with Gasteiger partial charge in [-0.1, -0.05) is 30.3 Å². The fraction of sp³-hybridized carbons (Fsp3) is 0.0455. The smallest absolute Gasteiger partial charge is 0.336 e. The summed E-state index contributed by atoms with van der Waals surface area (Å²) in [5.74, 6) is 0.772. The summed E-state index contributed by atoms with van der Waals surface area (Å²) in [5.41, 5.74) is 2.31. The SMILES string of the molecule is COc1ccc(N=Nc2ccc(OC(=O)/C=C/c3ccccc3)cc2)cc1. The molecule has 0 saturated heterocycles. The highest BCUT2D eigenvalue weighted by atomic mass is 16.5. The van der Waals surface area contributed by atoms with Gasteiger partial charge in [-0.2, -0.15) is 10.2 Å². The van der Waals surface area contributed by atoms with Crippen LogP contribution in [0.1, 0.15) is 5.56 Å². The molecule has 0 amide bonds. The van der Waals surface area contributed by atoms with Crippen LogP contribution in [0.2, 0.25) is 0 Å². The number of rotatable bonds is 6. The van der Waals surface area contributed by atoms with Crippen molar-refractivity contribution in [1.29, 1.82) is 0 Å². The van der Waals surface area contributed by atoms with Crippen LogP contribution in [-0.4, -0.2) is 13.1 Å². The Bertz CT molecular complexity index is 932. The van der Waals surface area contributed by atoms with E-state index < -0.39 is 5.97 Å². The number of esters is 1. The van der Waals surface area contributed by atoms with E-state index in [9.17, 15) is 4.79 Å². The number of azo groups is 1. The summed E-state index contributed by atoms with van der Waals surface area (Å²) in [7, 11) is 1.61. The molecule has 0 atom stereocenters. The zero-order valence-electron chi connectivity index (χ0n) is 14.8. The third kappa shape index (κ3) is 5.64. The van der Waals surface area contributed by atoms with Gasteiger partial charge in [0.15, 0.2) is 0 Å². The van der Waals surface area contributed by atoms with Crippen LogP contribution in [0, 0.1) is 0 Å². The molecule has 27 heavy (non-hydrogen) atoms. The molecule has 0 fully saturated rings. The van der Waals surface area contributed by atoms with Gasteiger partial charge >= 0.3 is 5.97 Å². The van der Waals surface area contributed by atoms with Crippen molar-refractivity contribution in [3.8, 4) is 11.5 Å². The number of hydrogen-bond donors (Lipinski definition) is 0. The maximum atomic E-state index is 11.9. The predicted molar refractivity (Wildman–Crippen MR) is 105 cm³/mol. The van der Waals surface area contributed by atoms with Crippen molar-refractivity contribution < 1.29 is 14.3 Å². The molecule has 0 heterocycles. The van der Waals surface area contributed by atoms with Crippen molar-refractivity contribution in [1.82, 2.24) is 0 Å². The largest absolute Gasteiger partial charge is 0.497 e. The van der Waals surface area contributed by atoms with Crippen molar-refractivity contribution in [3.05, 3.63) is 90.5 Å². The average molecular weight is 358 g/mol. The van der Waals surface area contributed by atoms with E-state index in [1.165, 1.54) is 6.08 Å². The zero-order valence-corrected chi connectivity index (χ0v) is 14.8. The zero-order chi connectivity index (χ0) is 18.9. The molecule has 0 aliphatic carbocycles. The third-order valence-corrected chi connectivity index (χ3v) is 3.62. The Morgan fingerprint density at radius 2 is 1.33 bits per heavy atom. The standard InChI is InChI=1S/C22H18N2O3/c1-26-20-12-8-18(9-13-20)23-24-19-10-14-21(15-11-19)27-22(25)16-7-17-5-3-2-4-6-17/h2-16H,1H3/b16-7+,24-23?. The first-order valence-corrected chi connectivity index (χ1v) is 8.34. The molecule has 0 N–H and O–H groups in total. The lowest BCUT2D eigenvalue weighted by atomic mass is 10.2. The molecule has 3 rings (SSSR count). The van der Waals surface area contributed by atoms with E-state index in [4.69, 9.17) is 9.47 Å². The number of hydrogen-bond acceptors (Lipinski definition) is 5. The summed E-state index contributed by atoms with van der Waals surface area (Å²) < 4.78 is 10.4. The van der Waals surface area contributed by atoms with Crippen LogP contribution in [0.4, 0.5) is 11.4 Å². The van der Waals surface area contributed by atoms with E-state index in [1.807, 2.05) is 54.6 Å². The van der Waals surface area contributed by atoms with Gasteiger partial charge in [0.05, 0.1) is 18.5 Å². The van der Waals surface area contributed by atoms with E-state index >= 15 is 0 Å². The summed E-state index contributed by atoms with van der Waals surface area (Å²) in [6, 6.07) is 23.6. The molecule has 3 aromatic carbocycles. The normalized spacial score (nSPS) is 11.0. The first-order chi connectivity index (χ1) is 13.2. The van der Waals surface area contributed by atoms with E-state index in [-0.39, 0.29) is 0 Å². The highest BCUT2D eigenvalue weighted by Gasteiger charge is 2.01.